The SMILES string of the molecule is CC1(C)CN(Cc2ccc(C3(C#N)CC3)c(F)c2)CC[C@@]1(O)c1ccc2ncc(C3CCC(=O)NC3=O)cc2c1F. The van der Waals surface area contributed by atoms with Gasteiger partial charge in [-0.15, -0.1) is 0 Å². The number of likely N-dealkylation sites (tertiary alicyclic amines) is 1. The first-order chi connectivity index (χ1) is 19.5. The number of hydrogen-bond donors (Lipinski definition) is 2. The summed E-state index contributed by atoms with van der Waals surface area (Å²) in [4.78, 5) is 30.5. The summed E-state index contributed by atoms with van der Waals surface area (Å²) in [6.45, 7) is 5.18. The van der Waals surface area contributed by atoms with E-state index in [4.69, 9.17) is 0 Å². The van der Waals surface area contributed by atoms with E-state index >= 15 is 4.39 Å². The van der Waals surface area contributed by atoms with Crippen LogP contribution in [0.3, 0.4) is 0 Å². The number of carbonyl (C=O) groups is 2. The number of imide groups is 1. The summed E-state index contributed by atoms with van der Waals surface area (Å²) >= 11 is 0. The quantitative estimate of drug-likeness (QED) is 0.440. The van der Waals surface area contributed by atoms with Crippen LogP contribution in [0.5, 0.6) is 0 Å². The third kappa shape index (κ3) is 4.59. The van der Waals surface area contributed by atoms with E-state index in [1.807, 2.05) is 19.9 Å². The summed E-state index contributed by atoms with van der Waals surface area (Å²) in [7, 11) is 0. The topological polar surface area (TPSA) is 106 Å². The predicted molar refractivity (Wildman–Crippen MR) is 147 cm³/mol. The zero-order chi connectivity index (χ0) is 29.2. The van der Waals surface area contributed by atoms with Gasteiger partial charge in [-0.3, -0.25) is 24.8 Å². The standard InChI is InChI=1S/C32H32F2N4O3/c1-30(2)18-38(16-19-3-5-23(25(33)13-19)31(17-35)9-10-31)12-11-32(30,41)24-6-7-26-22(28(24)34)14-20(15-36-26)21-4-8-27(39)37-29(21)40/h3,5-7,13-15,21,41H,4,8-12,16,18H2,1-2H3,(H,37,39,40)/t21?,32-/m1/s1. The molecule has 0 radical (unpaired) electrons. The van der Waals surface area contributed by atoms with Gasteiger partial charge in [-0.05, 0) is 55.0 Å². The van der Waals surface area contributed by atoms with Gasteiger partial charge in [0.2, 0.25) is 11.8 Å². The van der Waals surface area contributed by atoms with Gasteiger partial charge < -0.3 is 5.11 Å². The molecule has 7 nitrogen and oxygen atoms in total. The van der Waals surface area contributed by atoms with E-state index in [1.165, 1.54) is 6.07 Å². The van der Waals surface area contributed by atoms with Crippen LogP contribution in [0.2, 0.25) is 0 Å². The molecule has 3 heterocycles. The number of aliphatic hydroxyl groups is 1. The lowest BCUT2D eigenvalue weighted by atomic mass is 9.66. The monoisotopic (exact) mass is 558 g/mol. The fourth-order valence-electron chi connectivity index (χ4n) is 6.63. The average molecular weight is 559 g/mol. The van der Waals surface area contributed by atoms with Gasteiger partial charge in [0, 0.05) is 54.2 Å². The van der Waals surface area contributed by atoms with Gasteiger partial charge in [0.15, 0.2) is 0 Å². The maximum Gasteiger partial charge on any atom is 0.234 e. The second-order valence-corrected chi connectivity index (χ2v) is 12.5. The smallest absolute Gasteiger partial charge is 0.234 e. The molecule has 0 bridgehead atoms. The van der Waals surface area contributed by atoms with Crippen LogP contribution < -0.4 is 5.32 Å². The Bertz CT molecular complexity index is 1630. The lowest BCUT2D eigenvalue weighted by molar-refractivity contribution is -0.134. The Morgan fingerprint density at radius 3 is 2.54 bits per heavy atom. The van der Waals surface area contributed by atoms with E-state index < -0.39 is 34.1 Å². The molecule has 41 heavy (non-hydrogen) atoms. The van der Waals surface area contributed by atoms with Crippen LogP contribution in [0, 0.1) is 28.4 Å². The molecule has 1 aliphatic carbocycles. The number of piperidine rings is 2. The molecule has 1 saturated carbocycles. The third-order valence-electron chi connectivity index (χ3n) is 9.36. The molecule has 2 saturated heterocycles. The number of benzene rings is 2. The zero-order valence-corrected chi connectivity index (χ0v) is 23.1. The number of hydrogen-bond acceptors (Lipinski definition) is 6. The molecule has 0 spiro atoms. The van der Waals surface area contributed by atoms with Gasteiger partial charge in [-0.25, -0.2) is 8.78 Å². The van der Waals surface area contributed by atoms with Crippen molar-refractivity contribution in [2.24, 2.45) is 5.41 Å². The number of pyridine rings is 1. The van der Waals surface area contributed by atoms with Gasteiger partial charge >= 0.3 is 0 Å². The minimum absolute atomic E-state index is 0.179. The molecule has 2 amide bonds. The molecule has 2 aliphatic heterocycles. The van der Waals surface area contributed by atoms with Crippen LogP contribution >= 0.6 is 0 Å². The molecule has 2 aromatic carbocycles. The van der Waals surface area contributed by atoms with Crippen molar-refractivity contribution in [3.63, 3.8) is 0 Å². The number of rotatable bonds is 5. The Hall–Kier alpha value is -3.74. The van der Waals surface area contributed by atoms with Crippen LogP contribution in [-0.4, -0.2) is 39.9 Å². The first-order valence-electron chi connectivity index (χ1n) is 14.0. The minimum atomic E-state index is -1.48. The number of carbonyl (C=O) groups excluding carboxylic acids is 2. The van der Waals surface area contributed by atoms with Crippen LogP contribution in [0.1, 0.15) is 74.1 Å². The second kappa shape index (κ2) is 9.68. The van der Waals surface area contributed by atoms with Crippen LogP contribution in [0.4, 0.5) is 8.78 Å². The van der Waals surface area contributed by atoms with Gasteiger partial charge in [0.1, 0.15) is 11.6 Å². The van der Waals surface area contributed by atoms with Gasteiger partial charge in [0.25, 0.3) is 0 Å². The van der Waals surface area contributed by atoms with Crippen molar-refractivity contribution in [1.82, 2.24) is 15.2 Å². The number of aromatic nitrogens is 1. The number of nitrogens with one attached hydrogen (secondary N) is 1. The van der Waals surface area contributed by atoms with Crippen molar-refractivity contribution >= 4 is 22.7 Å². The molecule has 1 aromatic heterocycles. The maximum atomic E-state index is 16.2. The van der Waals surface area contributed by atoms with Crippen molar-refractivity contribution in [1.29, 1.82) is 5.26 Å². The van der Waals surface area contributed by atoms with Crippen molar-refractivity contribution in [3.8, 4) is 6.07 Å². The number of halogens is 2. The van der Waals surface area contributed by atoms with Crippen molar-refractivity contribution in [2.75, 3.05) is 13.1 Å². The Labute approximate surface area is 237 Å². The van der Waals surface area contributed by atoms with E-state index in [0.717, 1.165) is 5.56 Å². The largest absolute Gasteiger partial charge is 0.384 e. The summed E-state index contributed by atoms with van der Waals surface area (Å²) in [6.07, 6.45) is 3.70. The van der Waals surface area contributed by atoms with E-state index in [-0.39, 0.29) is 35.5 Å². The molecule has 3 fully saturated rings. The van der Waals surface area contributed by atoms with Crippen molar-refractivity contribution in [2.45, 2.75) is 69.4 Å². The second-order valence-electron chi connectivity index (χ2n) is 12.5. The molecule has 1 unspecified atom stereocenters. The summed E-state index contributed by atoms with van der Waals surface area (Å²) in [6, 6.07) is 12.2. The number of amides is 2. The predicted octanol–water partition coefficient (Wildman–Crippen LogP) is 4.71. The van der Waals surface area contributed by atoms with E-state index in [9.17, 15) is 24.3 Å². The Kier molecular flexibility index (Phi) is 6.47. The Morgan fingerprint density at radius 2 is 1.88 bits per heavy atom. The fraction of sp³-hybridized carbons (Fsp3) is 0.438. The highest BCUT2D eigenvalue weighted by molar-refractivity contribution is 6.01. The van der Waals surface area contributed by atoms with Gasteiger partial charge in [0.05, 0.1) is 28.5 Å². The summed E-state index contributed by atoms with van der Waals surface area (Å²) in [5.41, 5.74) is -0.564. The first kappa shape index (κ1) is 27.4. The fourth-order valence-corrected chi connectivity index (χ4v) is 6.63. The lowest BCUT2D eigenvalue weighted by Crippen LogP contribution is -2.55. The van der Waals surface area contributed by atoms with E-state index in [1.54, 1.807) is 30.5 Å². The van der Waals surface area contributed by atoms with Gasteiger partial charge in [-0.2, -0.15) is 5.26 Å². The molecule has 212 valence electrons. The summed E-state index contributed by atoms with van der Waals surface area (Å²) in [5.74, 6) is -2.27. The van der Waals surface area contributed by atoms with E-state index in [0.29, 0.717) is 55.5 Å². The van der Waals surface area contributed by atoms with Crippen LogP contribution in [0.25, 0.3) is 10.9 Å². The lowest BCUT2D eigenvalue weighted by Gasteiger charge is -2.50. The van der Waals surface area contributed by atoms with Crippen LogP contribution in [-0.2, 0) is 27.1 Å². The number of nitriles is 1. The van der Waals surface area contributed by atoms with E-state index in [2.05, 4.69) is 21.3 Å². The maximum absolute atomic E-state index is 16.2. The Morgan fingerprint density at radius 1 is 1.12 bits per heavy atom. The molecule has 3 aromatic rings. The Balaban J connectivity index is 1.24. The van der Waals surface area contributed by atoms with Crippen molar-refractivity contribution < 1.29 is 23.5 Å². The highest BCUT2D eigenvalue weighted by atomic mass is 19.1. The highest BCUT2D eigenvalue weighted by Crippen LogP contribution is 2.49. The highest BCUT2D eigenvalue weighted by Gasteiger charge is 2.50. The molecule has 9 heteroatoms. The van der Waals surface area contributed by atoms with Gasteiger partial charge in [-0.1, -0.05) is 32.0 Å². The molecule has 6 rings (SSSR count). The number of nitrogens with zero attached hydrogens (tertiary/aromatic N) is 3. The molecular formula is C32H32F2N4O3. The average Bonchev–Trinajstić information content (AvgIpc) is 3.72. The first-order valence-corrected chi connectivity index (χ1v) is 14.0. The van der Waals surface area contributed by atoms with Crippen LogP contribution in [0.15, 0.2) is 42.6 Å². The third-order valence-corrected chi connectivity index (χ3v) is 9.36. The molecule has 2 atom stereocenters. The summed E-state index contributed by atoms with van der Waals surface area (Å²) < 4.78 is 31.1. The number of fused-ring (bicyclic) bond motifs is 1. The normalized spacial score (nSPS) is 25.5. The van der Waals surface area contributed by atoms with Crippen molar-refractivity contribution in [3.05, 3.63) is 76.5 Å². The minimum Gasteiger partial charge on any atom is -0.384 e. The molecule has 2 N–H and O–H groups in total. The summed E-state index contributed by atoms with van der Waals surface area (Å²) in [5, 5.41) is 24.0. The zero-order valence-electron chi connectivity index (χ0n) is 23.1. The molecular weight excluding hydrogens is 526 g/mol. The molecule has 3 aliphatic rings.